The number of hydrogen-bond acceptors (Lipinski definition) is 5. The van der Waals surface area contributed by atoms with Gasteiger partial charge in [-0.25, -0.2) is 0 Å². The van der Waals surface area contributed by atoms with Crippen LogP contribution in [0.2, 0.25) is 0 Å². The van der Waals surface area contributed by atoms with Crippen LogP contribution in [0.5, 0.6) is 5.75 Å². The summed E-state index contributed by atoms with van der Waals surface area (Å²) in [6.45, 7) is 1.39. The van der Waals surface area contributed by atoms with Crippen molar-refractivity contribution in [2.45, 2.75) is 19.4 Å². The Morgan fingerprint density at radius 3 is 2.90 bits per heavy atom. The van der Waals surface area contributed by atoms with Crippen molar-refractivity contribution in [2.24, 2.45) is 0 Å². The number of carbonyl (C=O) groups is 3. The maximum absolute atomic E-state index is 12.2. The Hall–Kier alpha value is -2.57. The van der Waals surface area contributed by atoms with Crippen LogP contribution in [0.1, 0.15) is 13.3 Å². The monoisotopic (exact) mass is 291 g/mol. The van der Waals surface area contributed by atoms with E-state index in [4.69, 9.17) is 10.5 Å². The molecule has 21 heavy (non-hydrogen) atoms. The maximum atomic E-state index is 12.2. The van der Waals surface area contributed by atoms with Crippen molar-refractivity contribution in [1.82, 2.24) is 10.2 Å². The molecule has 1 aromatic rings. The molecule has 7 heteroatoms. The third-order valence-corrected chi connectivity index (χ3v) is 3.18. The highest BCUT2D eigenvalue weighted by molar-refractivity contribution is 6.04. The van der Waals surface area contributed by atoms with Gasteiger partial charge in [-0.3, -0.25) is 19.7 Å². The zero-order chi connectivity index (χ0) is 15.4. The van der Waals surface area contributed by atoms with Crippen LogP contribution in [0, 0.1) is 0 Å². The Kier molecular flexibility index (Phi) is 4.42. The number of benzene rings is 1. The lowest BCUT2D eigenvalue weighted by Crippen LogP contribution is -2.60. The average molecular weight is 291 g/mol. The Balaban J connectivity index is 2.01. The standard InChI is InChI=1S/C14H17N3O4/c1-2-11-14(20)16-12(18)7-17(11)13(19)8-21-10-5-3-4-9(15)6-10/h3-6,11H,2,7-8,15H2,1H3,(H,16,18,20). The van der Waals surface area contributed by atoms with Crippen molar-refractivity contribution in [2.75, 3.05) is 18.9 Å². The predicted molar refractivity (Wildman–Crippen MR) is 75.3 cm³/mol. The lowest BCUT2D eigenvalue weighted by Gasteiger charge is -2.33. The van der Waals surface area contributed by atoms with Crippen molar-refractivity contribution in [1.29, 1.82) is 0 Å². The minimum absolute atomic E-state index is 0.136. The van der Waals surface area contributed by atoms with Crippen molar-refractivity contribution in [3.8, 4) is 5.75 Å². The first kappa shape index (κ1) is 14.8. The van der Waals surface area contributed by atoms with Crippen molar-refractivity contribution < 1.29 is 19.1 Å². The molecule has 1 heterocycles. The van der Waals surface area contributed by atoms with Crippen LogP contribution in [-0.2, 0) is 14.4 Å². The summed E-state index contributed by atoms with van der Waals surface area (Å²) in [5.41, 5.74) is 6.14. The topological polar surface area (TPSA) is 102 Å². The smallest absolute Gasteiger partial charge is 0.261 e. The number of imide groups is 1. The van der Waals surface area contributed by atoms with E-state index < -0.39 is 23.8 Å². The van der Waals surface area contributed by atoms with Crippen molar-refractivity contribution in [3.05, 3.63) is 24.3 Å². The Bertz CT molecular complexity index is 573. The molecule has 0 spiro atoms. The summed E-state index contributed by atoms with van der Waals surface area (Å²) in [5, 5.41) is 2.22. The number of rotatable bonds is 4. The van der Waals surface area contributed by atoms with Crippen molar-refractivity contribution >= 4 is 23.4 Å². The van der Waals surface area contributed by atoms with E-state index in [1.54, 1.807) is 31.2 Å². The number of nitrogens with zero attached hydrogens (tertiary/aromatic N) is 1. The molecule has 1 aliphatic rings. The van der Waals surface area contributed by atoms with E-state index in [1.807, 2.05) is 0 Å². The van der Waals surface area contributed by atoms with Gasteiger partial charge < -0.3 is 15.4 Å². The van der Waals surface area contributed by atoms with Gasteiger partial charge in [0.1, 0.15) is 18.3 Å². The number of anilines is 1. The normalized spacial score (nSPS) is 18.3. The van der Waals surface area contributed by atoms with Gasteiger partial charge in [0.25, 0.3) is 5.91 Å². The second-order valence-electron chi connectivity index (χ2n) is 4.72. The summed E-state index contributed by atoms with van der Waals surface area (Å²) in [6.07, 6.45) is 0.434. The van der Waals surface area contributed by atoms with E-state index in [2.05, 4.69) is 5.32 Å². The third-order valence-electron chi connectivity index (χ3n) is 3.18. The highest BCUT2D eigenvalue weighted by atomic mass is 16.5. The highest BCUT2D eigenvalue weighted by Crippen LogP contribution is 2.15. The molecule has 112 valence electrons. The van der Waals surface area contributed by atoms with Gasteiger partial charge in [0.2, 0.25) is 11.8 Å². The van der Waals surface area contributed by atoms with Crippen LogP contribution >= 0.6 is 0 Å². The van der Waals surface area contributed by atoms with Gasteiger partial charge >= 0.3 is 0 Å². The molecule has 1 saturated heterocycles. The molecule has 0 aliphatic carbocycles. The first-order valence-corrected chi connectivity index (χ1v) is 6.62. The van der Waals surface area contributed by atoms with Gasteiger partial charge in [0, 0.05) is 11.8 Å². The fourth-order valence-electron chi connectivity index (χ4n) is 2.17. The molecule has 0 saturated carbocycles. The van der Waals surface area contributed by atoms with Gasteiger partial charge in [-0.2, -0.15) is 0 Å². The molecule has 1 aliphatic heterocycles. The number of ether oxygens (including phenoxy) is 1. The first-order chi connectivity index (χ1) is 10.0. The molecule has 1 unspecified atom stereocenters. The highest BCUT2D eigenvalue weighted by Gasteiger charge is 2.35. The van der Waals surface area contributed by atoms with Gasteiger partial charge in [0.15, 0.2) is 6.61 Å². The Morgan fingerprint density at radius 2 is 2.24 bits per heavy atom. The van der Waals surface area contributed by atoms with Gasteiger partial charge in [-0.1, -0.05) is 13.0 Å². The van der Waals surface area contributed by atoms with Gasteiger partial charge in [-0.15, -0.1) is 0 Å². The molecule has 7 nitrogen and oxygen atoms in total. The first-order valence-electron chi connectivity index (χ1n) is 6.62. The van der Waals surface area contributed by atoms with E-state index in [0.29, 0.717) is 17.9 Å². The zero-order valence-corrected chi connectivity index (χ0v) is 11.7. The number of amides is 3. The van der Waals surface area contributed by atoms with E-state index in [-0.39, 0.29) is 13.2 Å². The molecular formula is C14H17N3O4. The Morgan fingerprint density at radius 1 is 1.48 bits per heavy atom. The molecule has 2 rings (SSSR count). The molecule has 3 N–H and O–H groups in total. The lowest BCUT2D eigenvalue weighted by atomic mass is 10.1. The second kappa shape index (κ2) is 6.25. The summed E-state index contributed by atoms with van der Waals surface area (Å²) >= 11 is 0. The van der Waals surface area contributed by atoms with Crippen LogP contribution < -0.4 is 15.8 Å². The summed E-state index contributed by atoms with van der Waals surface area (Å²) in [5.74, 6) is -0.885. The molecule has 3 amide bonds. The van der Waals surface area contributed by atoms with E-state index in [9.17, 15) is 14.4 Å². The molecule has 0 aromatic heterocycles. The van der Waals surface area contributed by atoms with Crippen LogP contribution in [-0.4, -0.2) is 41.8 Å². The summed E-state index contributed by atoms with van der Waals surface area (Å²) < 4.78 is 5.35. The minimum Gasteiger partial charge on any atom is -0.484 e. The largest absolute Gasteiger partial charge is 0.484 e. The number of hydrogen-bond donors (Lipinski definition) is 2. The average Bonchev–Trinajstić information content (AvgIpc) is 2.44. The van der Waals surface area contributed by atoms with Crippen LogP contribution in [0.25, 0.3) is 0 Å². The number of nitrogens with one attached hydrogen (secondary N) is 1. The minimum atomic E-state index is -0.639. The van der Waals surface area contributed by atoms with E-state index in [0.717, 1.165) is 0 Å². The van der Waals surface area contributed by atoms with Gasteiger partial charge in [-0.05, 0) is 18.6 Å². The maximum Gasteiger partial charge on any atom is 0.261 e. The summed E-state index contributed by atoms with van der Waals surface area (Å²) in [6, 6.07) is 6.05. The fraction of sp³-hybridized carbons (Fsp3) is 0.357. The Labute approximate surface area is 122 Å². The predicted octanol–water partition coefficient (Wildman–Crippen LogP) is -0.0888. The molecule has 1 atom stereocenters. The summed E-state index contributed by atoms with van der Waals surface area (Å²) in [7, 11) is 0. The SMILES string of the molecule is CCC1C(=O)NC(=O)CN1C(=O)COc1cccc(N)c1. The van der Waals surface area contributed by atoms with E-state index >= 15 is 0 Å². The van der Waals surface area contributed by atoms with Crippen LogP contribution in [0.4, 0.5) is 5.69 Å². The van der Waals surface area contributed by atoms with Crippen LogP contribution in [0.3, 0.4) is 0 Å². The quantitative estimate of drug-likeness (QED) is 0.596. The van der Waals surface area contributed by atoms with E-state index in [1.165, 1.54) is 4.90 Å². The van der Waals surface area contributed by atoms with Crippen molar-refractivity contribution in [3.63, 3.8) is 0 Å². The van der Waals surface area contributed by atoms with Gasteiger partial charge in [0.05, 0.1) is 0 Å². The van der Waals surface area contributed by atoms with Crippen LogP contribution in [0.15, 0.2) is 24.3 Å². The second-order valence-corrected chi connectivity index (χ2v) is 4.72. The summed E-state index contributed by atoms with van der Waals surface area (Å²) in [4.78, 5) is 36.5. The molecule has 0 bridgehead atoms. The number of nitrogen functional groups attached to an aromatic ring is 1. The lowest BCUT2D eigenvalue weighted by molar-refractivity contribution is -0.151. The fourth-order valence-corrected chi connectivity index (χ4v) is 2.17. The third kappa shape index (κ3) is 3.50. The number of carbonyl (C=O) groups excluding carboxylic acids is 3. The zero-order valence-electron chi connectivity index (χ0n) is 11.7. The molecular weight excluding hydrogens is 274 g/mol. The molecule has 1 fully saturated rings. The molecule has 1 aromatic carbocycles. The molecule has 0 radical (unpaired) electrons. The number of piperazine rings is 1. The number of nitrogens with two attached hydrogens (primary N) is 1.